The molecule has 0 unspecified atom stereocenters. The number of carbonyl (C=O) groups excluding carboxylic acids is 1. The van der Waals surface area contributed by atoms with Crippen molar-refractivity contribution in [1.82, 2.24) is 9.62 Å². The minimum atomic E-state index is -3.88. The van der Waals surface area contributed by atoms with E-state index in [-0.39, 0.29) is 34.7 Å². The topological polar surface area (TPSA) is 84.9 Å². The molecule has 0 bridgehead atoms. The van der Waals surface area contributed by atoms with Crippen molar-refractivity contribution in [2.75, 3.05) is 19.7 Å². The Hall–Kier alpha value is -3.07. The van der Waals surface area contributed by atoms with Crippen LogP contribution in [0.15, 0.2) is 71.6 Å². The van der Waals surface area contributed by atoms with E-state index in [1.54, 1.807) is 6.07 Å². The summed E-state index contributed by atoms with van der Waals surface area (Å²) in [5.74, 6) is 0.869. The summed E-state index contributed by atoms with van der Waals surface area (Å²) in [6, 6.07) is 19.4. The van der Waals surface area contributed by atoms with Crippen LogP contribution in [0, 0.1) is 0 Å². The largest absolute Gasteiger partial charge is 0.486 e. The van der Waals surface area contributed by atoms with E-state index in [0.29, 0.717) is 31.1 Å². The molecule has 2 aliphatic rings. The number of sulfonamides is 1. The van der Waals surface area contributed by atoms with Crippen molar-refractivity contribution >= 4 is 27.5 Å². The highest BCUT2D eigenvalue weighted by molar-refractivity contribution is 7.89. The van der Waals surface area contributed by atoms with Crippen LogP contribution in [0.2, 0.25) is 5.02 Å². The molecule has 3 aromatic carbocycles. The van der Waals surface area contributed by atoms with Gasteiger partial charge in [0.2, 0.25) is 10.0 Å². The van der Waals surface area contributed by atoms with E-state index in [1.165, 1.54) is 22.5 Å². The monoisotopic (exact) mass is 498 g/mol. The molecule has 7 nitrogen and oxygen atoms in total. The Morgan fingerprint density at radius 2 is 1.76 bits per heavy atom. The fourth-order valence-electron chi connectivity index (χ4n) is 4.13. The fourth-order valence-corrected chi connectivity index (χ4v) is 6.05. The summed E-state index contributed by atoms with van der Waals surface area (Å²) in [4.78, 5) is 12.7. The second kappa shape index (κ2) is 9.29. The third kappa shape index (κ3) is 4.49. The summed E-state index contributed by atoms with van der Waals surface area (Å²) in [6.45, 7) is 1.13. The number of para-hydroxylation sites is 2. The zero-order chi connectivity index (χ0) is 23.7. The lowest BCUT2D eigenvalue weighted by molar-refractivity contribution is 0.0789. The van der Waals surface area contributed by atoms with Gasteiger partial charge in [0, 0.05) is 18.7 Å². The number of halogens is 1. The van der Waals surface area contributed by atoms with E-state index in [9.17, 15) is 13.2 Å². The lowest BCUT2D eigenvalue weighted by Gasteiger charge is -2.28. The normalized spacial score (nSPS) is 17.6. The number of amides is 1. The summed E-state index contributed by atoms with van der Waals surface area (Å²) in [6.07, 6.45) is 0.266. The highest BCUT2D eigenvalue weighted by Gasteiger charge is 2.31. The predicted octanol–water partition coefficient (Wildman–Crippen LogP) is 3.66. The summed E-state index contributed by atoms with van der Waals surface area (Å²) in [5.41, 5.74) is 2.32. The highest BCUT2D eigenvalue weighted by atomic mass is 35.5. The van der Waals surface area contributed by atoms with E-state index in [1.807, 2.05) is 42.5 Å². The number of ether oxygens (including phenoxy) is 2. The molecule has 0 spiro atoms. The van der Waals surface area contributed by atoms with Crippen molar-refractivity contribution in [2.24, 2.45) is 0 Å². The first-order chi connectivity index (χ1) is 16.4. The number of rotatable bonds is 5. The van der Waals surface area contributed by atoms with E-state index in [2.05, 4.69) is 5.32 Å². The van der Waals surface area contributed by atoms with Crippen LogP contribution in [0.25, 0.3) is 0 Å². The Balaban J connectivity index is 1.29. The summed E-state index contributed by atoms with van der Waals surface area (Å²) in [5, 5.41) is 2.87. The zero-order valence-electron chi connectivity index (χ0n) is 18.2. The highest BCUT2D eigenvalue weighted by Crippen LogP contribution is 2.31. The Morgan fingerprint density at radius 3 is 2.59 bits per heavy atom. The minimum absolute atomic E-state index is 0.0765. The van der Waals surface area contributed by atoms with Crippen molar-refractivity contribution in [3.63, 3.8) is 0 Å². The molecule has 0 radical (unpaired) electrons. The van der Waals surface area contributed by atoms with Crippen LogP contribution < -0.4 is 14.8 Å². The molecular formula is C25H23ClN2O5S. The van der Waals surface area contributed by atoms with Crippen LogP contribution in [0.3, 0.4) is 0 Å². The molecule has 1 N–H and O–H groups in total. The van der Waals surface area contributed by atoms with Gasteiger partial charge in [-0.05, 0) is 47.9 Å². The third-order valence-electron chi connectivity index (χ3n) is 5.96. The van der Waals surface area contributed by atoms with Crippen molar-refractivity contribution in [3.8, 4) is 11.5 Å². The van der Waals surface area contributed by atoms with Crippen LogP contribution in [-0.2, 0) is 23.0 Å². The van der Waals surface area contributed by atoms with Gasteiger partial charge in [0.15, 0.2) is 11.5 Å². The van der Waals surface area contributed by atoms with Crippen LogP contribution in [0.5, 0.6) is 11.5 Å². The van der Waals surface area contributed by atoms with E-state index >= 15 is 0 Å². The quantitative estimate of drug-likeness (QED) is 0.580. The SMILES string of the molecule is O=C(NC[C@H]1COc2ccccc2O1)c1ccc(Cl)c(S(=O)(=O)N2CCc3ccccc3C2)c1. The first kappa shape index (κ1) is 22.7. The van der Waals surface area contributed by atoms with E-state index in [0.717, 1.165) is 11.1 Å². The van der Waals surface area contributed by atoms with Gasteiger partial charge in [0.25, 0.3) is 5.91 Å². The van der Waals surface area contributed by atoms with Gasteiger partial charge in [0.05, 0.1) is 11.6 Å². The number of benzene rings is 3. The van der Waals surface area contributed by atoms with Gasteiger partial charge in [0.1, 0.15) is 17.6 Å². The fraction of sp³-hybridized carbons (Fsp3) is 0.240. The van der Waals surface area contributed by atoms with Crippen molar-refractivity contribution in [2.45, 2.75) is 24.0 Å². The molecule has 5 rings (SSSR count). The third-order valence-corrected chi connectivity index (χ3v) is 8.29. The number of hydrogen-bond acceptors (Lipinski definition) is 5. The lowest BCUT2D eigenvalue weighted by atomic mass is 10.0. The Morgan fingerprint density at radius 1 is 1.03 bits per heavy atom. The van der Waals surface area contributed by atoms with Gasteiger partial charge < -0.3 is 14.8 Å². The number of nitrogens with one attached hydrogen (secondary N) is 1. The van der Waals surface area contributed by atoms with Gasteiger partial charge >= 0.3 is 0 Å². The summed E-state index contributed by atoms with van der Waals surface area (Å²) < 4.78 is 39.7. The predicted molar refractivity (Wildman–Crippen MR) is 128 cm³/mol. The molecule has 0 fully saturated rings. The van der Waals surface area contributed by atoms with Crippen LogP contribution in [0.1, 0.15) is 21.5 Å². The number of carbonyl (C=O) groups is 1. The van der Waals surface area contributed by atoms with Gasteiger partial charge in [-0.2, -0.15) is 4.31 Å². The maximum atomic E-state index is 13.4. The van der Waals surface area contributed by atoms with Crippen LogP contribution in [0.4, 0.5) is 0 Å². The molecule has 0 saturated carbocycles. The molecule has 0 saturated heterocycles. The smallest absolute Gasteiger partial charge is 0.251 e. The van der Waals surface area contributed by atoms with Gasteiger partial charge in [-0.25, -0.2) is 8.42 Å². The van der Waals surface area contributed by atoms with Gasteiger partial charge in [-0.15, -0.1) is 0 Å². The van der Waals surface area contributed by atoms with Crippen molar-refractivity contribution < 1.29 is 22.7 Å². The molecule has 176 valence electrons. The Bertz CT molecular complexity index is 1340. The molecule has 2 aliphatic heterocycles. The van der Waals surface area contributed by atoms with Gasteiger partial charge in [-0.1, -0.05) is 48.0 Å². The molecule has 1 atom stereocenters. The van der Waals surface area contributed by atoms with Crippen LogP contribution in [-0.4, -0.2) is 44.4 Å². The number of fused-ring (bicyclic) bond motifs is 2. The summed E-state index contributed by atoms with van der Waals surface area (Å²) in [7, 11) is -3.88. The molecule has 1 amide bonds. The molecule has 0 aromatic heterocycles. The first-order valence-corrected chi connectivity index (χ1v) is 12.8. The Labute approximate surface area is 203 Å². The average molecular weight is 499 g/mol. The Kier molecular flexibility index (Phi) is 6.20. The minimum Gasteiger partial charge on any atom is -0.486 e. The molecular weight excluding hydrogens is 476 g/mol. The van der Waals surface area contributed by atoms with E-state index in [4.69, 9.17) is 21.1 Å². The maximum absolute atomic E-state index is 13.4. The van der Waals surface area contributed by atoms with Crippen LogP contribution >= 0.6 is 11.6 Å². The molecule has 3 aromatic rings. The summed E-state index contributed by atoms with van der Waals surface area (Å²) >= 11 is 6.28. The lowest BCUT2D eigenvalue weighted by Crippen LogP contribution is -2.40. The molecule has 0 aliphatic carbocycles. The first-order valence-electron chi connectivity index (χ1n) is 10.9. The second-order valence-electron chi connectivity index (χ2n) is 8.21. The maximum Gasteiger partial charge on any atom is 0.251 e. The average Bonchev–Trinajstić information content (AvgIpc) is 2.87. The van der Waals surface area contributed by atoms with Crippen molar-refractivity contribution in [3.05, 3.63) is 88.4 Å². The zero-order valence-corrected chi connectivity index (χ0v) is 19.8. The number of hydrogen-bond donors (Lipinski definition) is 1. The standard InChI is InChI=1S/C25H23ClN2O5S/c26-21-10-9-18(25(29)27-14-20-16-32-22-7-3-4-8-23(22)33-20)13-24(21)34(30,31)28-12-11-17-5-1-2-6-19(17)15-28/h1-10,13,20H,11-12,14-16H2,(H,27,29)/t20-/m0/s1. The molecule has 9 heteroatoms. The van der Waals surface area contributed by atoms with Gasteiger partial charge in [-0.3, -0.25) is 4.79 Å². The molecule has 2 heterocycles. The number of nitrogens with zero attached hydrogens (tertiary/aromatic N) is 1. The van der Waals surface area contributed by atoms with Crippen molar-refractivity contribution in [1.29, 1.82) is 0 Å². The second-order valence-corrected chi connectivity index (χ2v) is 10.5. The molecule has 34 heavy (non-hydrogen) atoms. The van der Waals surface area contributed by atoms with E-state index < -0.39 is 15.9 Å².